The third-order valence-corrected chi connectivity index (χ3v) is 5.35. The summed E-state index contributed by atoms with van der Waals surface area (Å²) in [5.74, 6) is 0.312. The predicted molar refractivity (Wildman–Crippen MR) is 130 cm³/mol. The van der Waals surface area contributed by atoms with Crippen LogP contribution in [0.25, 0.3) is 16.7 Å². The van der Waals surface area contributed by atoms with Crippen molar-refractivity contribution in [3.05, 3.63) is 71.6 Å². The van der Waals surface area contributed by atoms with Gasteiger partial charge in [0.2, 0.25) is 0 Å². The van der Waals surface area contributed by atoms with Gasteiger partial charge < -0.3 is 15.2 Å². The normalized spacial score (nSPS) is 11.4. The molecule has 0 fully saturated rings. The quantitative estimate of drug-likeness (QED) is 0.439. The summed E-state index contributed by atoms with van der Waals surface area (Å²) >= 11 is 0. The van der Waals surface area contributed by atoms with Crippen molar-refractivity contribution in [2.24, 2.45) is 0 Å². The van der Waals surface area contributed by atoms with Gasteiger partial charge in [-0.15, -0.1) is 0 Å². The van der Waals surface area contributed by atoms with E-state index in [-0.39, 0.29) is 35.8 Å². The van der Waals surface area contributed by atoms with Crippen LogP contribution in [0.5, 0.6) is 0 Å². The molecule has 0 unspecified atom stereocenters. The van der Waals surface area contributed by atoms with Gasteiger partial charge in [-0.1, -0.05) is 6.07 Å². The lowest BCUT2D eigenvalue weighted by atomic mass is 10.2. The van der Waals surface area contributed by atoms with Crippen LogP contribution in [0.1, 0.15) is 66.1 Å². The number of nitrogens with zero attached hydrogens (tertiary/aromatic N) is 5. The van der Waals surface area contributed by atoms with Crippen molar-refractivity contribution < 1.29 is 9.59 Å². The Bertz CT molecular complexity index is 1350. The Labute approximate surface area is 198 Å². The molecule has 0 atom stereocenters. The molecule has 1 aromatic carbocycles. The standard InChI is InChI=1S/C25H29N7O2/c1-15(2)28-25(34)22-8-6-7-21(30-22)24(33)26-12-18-13-27-31(14-18)19-9-10-20-23(11-19)32(16(3)4)17(5)29-20/h6-11,13-16H,12H2,1-5H3,(H,26,33)(H,28,34). The summed E-state index contributed by atoms with van der Waals surface area (Å²) in [5.41, 5.74) is 4.16. The number of hydrogen-bond acceptors (Lipinski definition) is 5. The number of rotatable bonds is 7. The van der Waals surface area contributed by atoms with E-state index < -0.39 is 0 Å². The fourth-order valence-corrected chi connectivity index (χ4v) is 3.89. The molecule has 0 bridgehead atoms. The second-order valence-electron chi connectivity index (χ2n) is 8.81. The summed E-state index contributed by atoms with van der Waals surface area (Å²) < 4.78 is 3.98. The Hall–Kier alpha value is -4.01. The first-order chi connectivity index (χ1) is 16.2. The first-order valence-corrected chi connectivity index (χ1v) is 11.3. The molecule has 4 aromatic rings. The molecule has 0 saturated heterocycles. The molecule has 3 aromatic heterocycles. The van der Waals surface area contributed by atoms with Gasteiger partial charge >= 0.3 is 0 Å². The van der Waals surface area contributed by atoms with Gasteiger partial charge in [-0.05, 0) is 65.0 Å². The first-order valence-electron chi connectivity index (χ1n) is 11.3. The maximum Gasteiger partial charge on any atom is 0.270 e. The molecule has 2 N–H and O–H groups in total. The van der Waals surface area contributed by atoms with Crippen LogP contribution >= 0.6 is 0 Å². The number of nitrogens with one attached hydrogen (secondary N) is 2. The molecule has 176 valence electrons. The minimum absolute atomic E-state index is 0.0148. The molecule has 0 spiro atoms. The van der Waals surface area contributed by atoms with Crippen molar-refractivity contribution in [3.8, 4) is 5.69 Å². The van der Waals surface area contributed by atoms with E-state index in [2.05, 4.69) is 50.2 Å². The minimum atomic E-state index is -0.357. The highest BCUT2D eigenvalue weighted by Crippen LogP contribution is 2.23. The van der Waals surface area contributed by atoms with Gasteiger partial charge in [0.25, 0.3) is 11.8 Å². The Morgan fingerprint density at radius 2 is 1.74 bits per heavy atom. The molecule has 0 aliphatic heterocycles. The van der Waals surface area contributed by atoms with Gasteiger partial charge in [-0.2, -0.15) is 5.10 Å². The number of carbonyl (C=O) groups is 2. The number of hydrogen-bond donors (Lipinski definition) is 2. The first kappa shape index (κ1) is 23.2. The van der Waals surface area contributed by atoms with E-state index in [4.69, 9.17) is 0 Å². The number of fused-ring (bicyclic) bond motifs is 1. The van der Waals surface area contributed by atoms with Crippen LogP contribution in [0.2, 0.25) is 0 Å². The minimum Gasteiger partial charge on any atom is -0.349 e. The highest BCUT2D eigenvalue weighted by atomic mass is 16.2. The third-order valence-electron chi connectivity index (χ3n) is 5.35. The Morgan fingerprint density at radius 3 is 2.44 bits per heavy atom. The second kappa shape index (κ2) is 9.46. The molecule has 2 amide bonds. The van der Waals surface area contributed by atoms with Crippen molar-refractivity contribution in [1.82, 2.24) is 34.9 Å². The molecule has 9 heteroatoms. The largest absolute Gasteiger partial charge is 0.349 e. The van der Waals surface area contributed by atoms with Crippen molar-refractivity contribution in [1.29, 1.82) is 0 Å². The summed E-state index contributed by atoms with van der Waals surface area (Å²) in [7, 11) is 0. The van der Waals surface area contributed by atoms with Gasteiger partial charge in [-0.3, -0.25) is 9.59 Å². The van der Waals surface area contributed by atoms with Crippen molar-refractivity contribution in [3.63, 3.8) is 0 Å². The number of aromatic nitrogens is 5. The van der Waals surface area contributed by atoms with Gasteiger partial charge in [0.05, 0.1) is 22.9 Å². The van der Waals surface area contributed by atoms with E-state index in [1.807, 2.05) is 39.1 Å². The zero-order valence-electron chi connectivity index (χ0n) is 20.0. The third kappa shape index (κ3) is 4.83. The van der Waals surface area contributed by atoms with Crippen molar-refractivity contribution in [2.75, 3.05) is 0 Å². The topological polar surface area (TPSA) is 107 Å². The molecule has 0 saturated carbocycles. The number of amides is 2. The maximum absolute atomic E-state index is 12.6. The highest BCUT2D eigenvalue weighted by molar-refractivity contribution is 5.96. The molecule has 4 rings (SSSR count). The average molecular weight is 460 g/mol. The molecule has 0 radical (unpaired) electrons. The Balaban J connectivity index is 1.46. The molecule has 0 aliphatic rings. The number of imidazole rings is 1. The van der Waals surface area contributed by atoms with Crippen LogP contribution in [0.15, 0.2) is 48.8 Å². The number of benzene rings is 1. The van der Waals surface area contributed by atoms with Gasteiger partial charge in [0, 0.05) is 30.4 Å². The zero-order chi connectivity index (χ0) is 24.4. The Morgan fingerprint density at radius 1 is 1.00 bits per heavy atom. The summed E-state index contributed by atoms with van der Waals surface area (Å²) in [5, 5.41) is 10.1. The molecular formula is C25H29N7O2. The molecule has 3 heterocycles. The fraction of sp³-hybridized carbons (Fsp3) is 0.320. The second-order valence-corrected chi connectivity index (χ2v) is 8.81. The van der Waals surface area contributed by atoms with E-state index in [9.17, 15) is 9.59 Å². The lowest BCUT2D eigenvalue weighted by molar-refractivity contribution is 0.0936. The van der Waals surface area contributed by atoms with E-state index in [0.717, 1.165) is 28.1 Å². The van der Waals surface area contributed by atoms with Crippen LogP contribution in [-0.2, 0) is 6.54 Å². The monoisotopic (exact) mass is 459 g/mol. The van der Waals surface area contributed by atoms with Crippen LogP contribution in [-0.4, -0.2) is 42.2 Å². The maximum atomic E-state index is 12.6. The van der Waals surface area contributed by atoms with Crippen LogP contribution in [0.3, 0.4) is 0 Å². The molecule has 34 heavy (non-hydrogen) atoms. The van der Waals surface area contributed by atoms with E-state index in [0.29, 0.717) is 6.04 Å². The average Bonchev–Trinajstić information content (AvgIpc) is 3.40. The van der Waals surface area contributed by atoms with E-state index in [1.165, 1.54) is 0 Å². The van der Waals surface area contributed by atoms with Gasteiger partial charge in [0.1, 0.15) is 17.2 Å². The van der Waals surface area contributed by atoms with Crippen LogP contribution < -0.4 is 10.6 Å². The SMILES string of the molecule is Cc1nc2ccc(-n3cc(CNC(=O)c4cccc(C(=O)NC(C)C)n4)cn3)cc2n1C(C)C. The smallest absolute Gasteiger partial charge is 0.270 e. The summed E-state index contributed by atoms with van der Waals surface area (Å²) in [6.45, 7) is 10.3. The number of pyridine rings is 1. The molecule has 0 aliphatic carbocycles. The van der Waals surface area contributed by atoms with Crippen molar-refractivity contribution in [2.45, 2.75) is 53.2 Å². The lowest BCUT2D eigenvalue weighted by Gasteiger charge is -2.11. The Kier molecular flexibility index (Phi) is 6.45. The number of carbonyl (C=O) groups excluding carboxylic acids is 2. The van der Waals surface area contributed by atoms with Crippen LogP contribution in [0, 0.1) is 6.92 Å². The fourth-order valence-electron chi connectivity index (χ4n) is 3.89. The lowest BCUT2D eigenvalue weighted by Crippen LogP contribution is -2.31. The van der Waals surface area contributed by atoms with Crippen LogP contribution in [0.4, 0.5) is 0 Å². The van der Waals surface area contributed by atoms with E-state index >= 15 is 0 Å². The highest BCUT2D eigenvalue weighted by Gasteiger charge is 2.14. The van der Waals surface area contributed by atoms with Gasteiger partial charge in [-0.25, -0.2) is 14.6 Å². The summed E-state index contributed by atoms with van der Waals surface area (Å²) in [6, 6.07) is 11.1. The van der Waals surface area contributed by atoms with Crippen molar-refractivity contribution >= 4 is 22.8 Å². The van der Waals surface area contributed by atoms with Gasteiger partial charge in [0.15, 0.2) is 0 Å². The number of aryl methyl sites for hydroxylation is 1. The van der Waals surface area contributed by atoms with E-state index in [1.54, 1.807) is 29.1 Å². The molecular weight excluding hydrogens is 430 g/mol. The molecule has 9 nitrogen and oxygen atoms in total. The predicted octanol–water partition coefficient (Wildman–Crippen LogP) is 3.57. The zero-order valence-corrected chi connectivity index (χ0v) is 20.0. The summed E-state index contributed by atoms with van der Waals surface area (Å²) in [4.78, 5) is 33.6. The summed E-state index contributed by atoms with van der Waals surface area (Å²) in [6.07, 6.45) is 3.60.